The zero-order chi connectivity index (χ0) is 20.1. The molecule has 1 aliphatic rings. The number of rotatable bonds is 5. The maximum atomic E-state index is 13.2. The van der Waals surface area contributed by atoms with Gasteiger partial charge >= 0.3 is 0 Å². The summed E-state index contributed by atoms with van der Waals surface area (Å²) in [5.41, 5.74) is 0.823. The van der Waals surface area contributed by atoms with Crippen LogP contribution in [0.5, 0.6) is 5.75 Å². The van der Waals surface area contributed by atoms with Crippen molar-refractivity contribution in [3.05, 3.63) is 59.1 Å². The molecule has 1 fully saturated rings. The van der Waals surface area contributed by atoms with Crippen LogP contribution < -0.4 is 10.1 Å². The first-order valence-electron chi connectivity index (χ1n) is 9.55. The Kier molecular flexibility index (Phi) is 6.57. The molecule has 1 atom stereocenters. The summed E-state index contributed by atoms with van der Waals surface area (Å²) in [5, 5.41) is 4.33. The highest BCUT2D eigenvalue weighted by atomic mass is 35.5. The molecular weight excluding hydrogens is 392 g/mol. The molecule has 0 unspecified atom stereocenters. The monoisotopic (exact) mass is 416 g/mol. The number of ketones is 1. The molecule has 28 heavy (non-hydrogen) atoms. The van der Waals surface area contributed by atoms with Crippen molar-refractivity contribution in [1.29, 1.82) is 0 Å². The Morgan fingerprint density at radius 1 is 1.21 bits per heavy atom. The molecule has 0 aliphatic heterocycles. The van der Waals surface area contributed by atoms with Gasteiger partial charge in [0, 0.05) is 29.7 Å². The average Bonchev–Trinajstić information content (AvgIpc) is 2.70. The molecule has 1 aliphatic carbocycles. The highest BCUT2D eigenvalue weighted by Gasteiger charge is 2.47. The van der Waals surface area contributed by atoms with Gasteiger partial charge in [0.05, 0.1) is 6.61 Å². The Morgan fingerprint density at radius 3 is 2.57 bits per heavy atom. The number of likely N-dealkylation sites (N-methyl/N-ethyl adjacent to an activating group) is 1. The number of halogens is 1. The van der Waals surface area contributed by atoms with E-state index in [1.54, 1.807) is 0 Å². The molecule has 1 saturated carbocycles. The summed E-state index contributed by atoms with van der Waals surface area (Å²) in [5.74, 6) is 0.965. The van der Waals surface area contributed by atoms with Crippen LogP contribution in [-0.2, 0) is 10.3 Å². The topological polar surface area (TPSA) is 41.6 Å². The van der Waals surface area contributed by atoms with Gasteiger partial charge < -0.3 is 15.0 Å². The fourth-order valence-corrected chi connectivity index (χ4v) is 4.38. The summed E-state index contributed by atoms with van der Waals surface area (Å²) in [6, 6.07) is 15.2. The van der Waals surface area contributed by atoms with Crippen molar-refractivity contribution in [2.45, 2.75) is 38.1 Å². The van der Waals surface area contributed by atoms with Gasteiger partial charge in [0.15, 0.2) is 10.9 Å². The second-order valence-corrected chi connectivity index (χ2v) is 7.71. The standard InChI is InChI=1S/C22H25ClN2O2S/c1-3-27-17-13-11-16(12-14-17)24-21(28)25(2)22(15-7-6-10-20(22)26)18-8-4-5-9-19(18)23/h4-5,8-9,11-14H,3,6-7,10,15H2,1-2H3,(H,24,28)/t22-/m1/s1. The van der Waals surface area contributed by atoms with E-state index in [1.807, 2.05) is 67.4 Å². The predicted octanol–water partition coefficient (Wildman–Crippen LogP) is 5.41. The third kappa shape index (κ3) is 4.01. The maximum Gasteiger partial charge on any atom is 0.174 e. The molecule has 0 spiro atoms. The van der Waals surface area contributed by atoms with E-state index in [-0.39, 0.29) is 5.78 Å². The van der Waals surface area contributed by atoms with E-state index in [0.29, 0.717) is 29.6 Å². The number of carbonyl (C=O) groups is 1. The Balaban J connectivity index is 1.89. The van der Waals surface area contributed by atoms with E-state index in [1.165, 1.54) is 0 Å². The molecule has 4 nitrogen and oxygen atoms in total. The van der Waals surface area contributed by atoms with Crippen molar-refractivity contribution in [3.63, 3.8) is 0 Å². The average molecular weight is 417 g/mol. The normalized spacial score (nSPS) is 19.2. The van der Waals surface area contributed by atoms with Crippen LogP contribution in [-0.4, -0.2) is 29.5 Å². The highest BCUT2D eigenvalue weighted by molar-refractivity contribution is 7.80. The first-order valence-corrected chi connectivity index (χ1v) is 10.3. The molecular formula is C22H25ClN2O2S. The minimum absolute atomic E-state index is 0.158. The molecule has 0 radical (unpaired) electrons. The SMILES string of the molecule is CCOc1ccc(NC(=S)N(C)[C@@]2(c3ccccc3Cl)CCCCC2=O)cc1. The summed E-state index contributed by atoms with van der Waals surface area (Å²) in [4.78, 5) is 15.1. The van der Waals surface area contributed by atoms with Crippen LogP contribution in [0.1, 0.15) is 38.2 Å². The number of nitrogens with zero attached hydrogens (tertiary/aromatic N) is 1. The van der Waals surface area contributed by atoms with Gasteiger partial charge in [-0.2, -0.15) is 0 Å². The number of nitrogens with one attached hydrogen (secondary N) is 1. The van der Waals surface area contributed by atoms with E-state index in [2.05, 4.69) is 5.32 Å². The van der Waals surface area contributed by atoms with Crippen LogP contribution in [0.15, 0.2) is 48.5 Å². The van der Waals surface area contributed by atoms with Crippen molar-refractivity contribution in [3.8, 4) is 5.75 Å². The van der Waals surface area contributed by atoms with Crippen LogP contribution in [0, 0.1) is 0 Å². The van der Waals surface area contributed by atoms with Crippen LogP contribution in [0.3, 0.4) is 0 Å². The van der Waals surface area contributed by atoms with E-state index >= 15 is 0 Å². The Bertz CT molecular complexity index is 856. The smallest absolute Gasteiger partial charge is 0.174 e. The third-order valence-corrected chi connectivity index (χ3v) is 5.97. The lowest BCUT2D eigenvalue weighted by Crippen LogP contribution is -2.55. The van der Waals surface area contributed by atoms with E-state index in [4.69, 9.17) is 28.6 Å². The minimum Gasteiger partial charge on any atom is -0.494 e. The van der Waals surface area contributed by atoms with E-state index in [9.17, 15) is 4.79 Å². The molecule has 6 heteroatoms. The summed E-state index contributed by atoms with van der Waals surface area (Å²) in [7, 11) is 1.87. The zero-order valence-electron chi connectivity index (χ0n) is 16.2. The maximum absolute atomic E-state index is 13.2. The third-order valence-electron chi connectivity index (χ3n) is 5.27. The van der Waals surface area contributed by atoms with Gasteiger partial charge in [0.2, 0.25) is 0 Å². The van der Waals surface area contributed by atoms with Gasteiger partial charge in [-0.05, 0) is 68.7 Å². The molecule has 0 saturated heterocycles. The Hall–Kier alpha value is -2.11. The molecule has 0 amide bonds. The number of hydrogen-bond donors (Lipinski definition) is 1. The van der Waals surface area contributed by atoms with Crippen LogP contribution in [0.2, 0.25) is 5.02 Å². The molecule has 2 aromatic carbocycles. The molecule has 0 aromatic heterocycles. The summed E-state index contributed by atoms with van der Waals surface area (Å²) < 4.78 is 5.48. The number of benzene rings is 2. The largest absolute Gasteiger partial charge is 0.494 e. The quantitative estimate of drug-likeness (QED) is 0.660. The Morgan fingerprint density at radius 2 is 1.93 bits per heavy atom. The van der Waals surface area contributed by atoms with Gasteiger partial charge in [-0.1, -0.05) is 29.8 Å². The van der Waals surface area contributed by atoms with Gasteiger partial charge in [-0.25, -0.2) is 0 Å². The number of thiocarbonyl (C=S) groups is 1. The first kappa shape index (κ1) is 20.6. The number of hydrogen-bond acceptors (Lipinski definition) is 3. The van der Waals surface area contributed by atoms with Gasteiger partial charge in [0.1, 0.15) is 11.3 Å². The lowest BCUT2D eigenvalue weighted by atomic mass is 9.74. The van der Waals surface area contributed by atoms with Crippen LogP contribution in [0.4, 0.5) is 5.69 Å². The number of ether oxygens (including phenoxy) is 1. The van der Waals surface area contributed by atoms with Gasteiger partial charge in [-0.3, -0.25) is 4.79 Å². The van der Waals surface area contributed by atoms with Crippen molar-refractivity contribution in [2.24, 2.45) is 0 Å². The fourth-order valence-electron chi connectivity index (χ4n) is 3.81. The fraction of sp³-hybridized carbons (Fsp3) is 0.364. The second-order valence-electron chi connectivity index (χ2n) is 6.92. The summed E-state index contributed by atoms with van der Waals surface area (Å²) in [6.07, 6.45) is 3.07. The van der Waals surface area contributed by atoms with Crippen molar-refractivity contribution >= 4 is 40.4 Å². The predicted molar refractivity (Wildman–Crippen MR) is 118 cm³/mol. The number of carbonyl (C=O) groups excluding carboxylic acids is 1. The van der Waals surface area contributed by atoms with Crippen LogP contribution in [0.25, 0.3) is 0 Å². The molecule has 0 heterocycles. The second kappa shape index (κ2) is 8.93. The Labute approximate surface area is 176 Å². The van der Waals surface area contributed by atoms with Crippen molar-refractivity contribution in [2.75, 3.05) is 19.0 Å². The van der Waals surface area contributed by atoms with Crippen LogP contribution >= 0.6 is 23.8 Å². The number of Topliss-reactive ketones (excluding diaryl/α,β-unsaturated/α-hetero) is 1. The first-order chi connectivity index (χ1) is 13.5. The van der Waals surface area contributed by atoms with Gasteiger partial charge in [0.25, 0.3) is 0 Å². The lowest BCUT2D eigenvalue weighted by Gasteiger charge is -2.45. The van der Waals surface area contributed by atoms with Gasteiger partial charge in [-0.15, -0.1) is 0 Å². The van der Waals surface area contributed by atoms with Crippen molar-refractivity contribution in [1.82, 2.24) is 4.90 Å². The molecule has 148 valence electrons. The highest BCUT2D eigenvalue weighted by Crippen LogP contribution is 2.42. The minimum atomic E-state index is -0.841. The number of anilines is 1. The zero-order valence-corrected chi connectivity index (χ0v) is 17.8. The van der Waals surface area contributed by atoms with E-state index < -0.39 is 5.54 Å². The molecule has 3 rings (SSSR count). The molecule has 1 N–H and O–H groups in total. The van der Waals surface area contributed by atoms with Crippen molar-refractivity contribution < 1.29 is 9.53 Å². The van der Waals surface area contributed by atoms with E-state index in [0.717, 1.165) is 29.8 Å². The summed E-state index contributed by atoms with van der Waals surface area (Å²) >= 11 is 12.2. The lowest BCUT2D eigenvalue weighted by molar-refractivity contribution is -0.131. The summed E-state index contributed by atoms with van der Waals surface area (Å²) in [6.45, 7) is 2.57. The molecule has 0 bridgehead atoms. The molecule has 2 aromatic rings.